The van der Waals surface area contributed by atoms with Gasteiger partial charge >= 0.3 is 0 Å². The van der Waals surface area contributed by atoms with Gasteiger partial charge in [-0.05, 0) is 12.1 Å². The van der Waals surface area contributed by atoms with Gasteiger partial charge in [-0.1, -0.05) is 6.07 Å². The number of aliphatic hydroxyl groups is 1. The highest BCUT2D eigenvalue weighted by molar-refractivity contribution is 5.37. The highest BCUT2D eigenvalue weighted by Crippen LogP contribution is 2.07. The van der Waals surface area contributed by atoms with Gasteiger partial charge in [-0.25, -0.2) is 0 Å². The van der Waals surface area contributed by atoms with E-state index in [4.69, 9.17) is 5.11 Å². The van der Waals surface area contributed by atoms with Crippen LogP contribution in [-0.2, 0) is 6.42 Å². The van der Waals surface area contributed by atoms with Crippen molar-refractivity contribution in [2.24, 2.45) is 0 Å². The second-order valence-corrected chi connectivity index (χ2v) is 2.63. The Morgan fingerprint density at radius 3 is 3.00 bits per heavy atom. The molecule has 0 aliphatic heterocycles. The largest absolute Gasteiger partial charge is 0.396 e. The van der Waals surface area contributed by atoms with Crippen LogP contribution < -0.4 is 0 Å². The third-order valence-electron chi connectivity index (χ3n) is 1.78. The van der Waals surface area contributed by atoms with Crippen molar-refractivity contribution in [3.05, 3.63) is 30.0 Å². The third kappa shape index (κ3) is 1.27. The van der Waals surface area contributed by atoms with Gasteiger partial charge in [0.15, 0.2) is 5.65 Å². The molecule has 0 bridgehead atoms. The molecular weight excluding hydrogens is 173 g/mol. The molecule has 68 valence electrons. The van der Waals surface area contributed by atoms with Crippen LogP contribution in [-0.4, -0.2) is 26.3 Å². The Morgan fingerprint density at radius 1 is 1.38 bits per heavy atom. The van der Waals surface area contributed by atoms with Crippen molar-refractivity contribution in [3.8, 4) is 0 Å². The summed E-state index contributed by atoms with van der Waals surface area (Å²) in [6.07, 6.45) is 0.308. The molecule has 2 heterocycles. The Balaban J connectivity index is 2.64. The van der Waals surface area contributed by atoms with E-state index in [-0.39, 0.29) is 6.61 Å². The standard InChI is InChI=1S/C8H8FN3O/c9-6-2-1-3-7-10-11-8(4-5-13)12(6)7/h1-3,13H,4-5H2. The molecule has 2 aromatic heterocycles. The molecule has 0 saturated heterocycles. The van der Waals surface area contributed by atoms with Crippen LogP contribution in [0.15, 0.2) is 18.2 Å². The van der Waals surface area contributed by atoms with E-state index in [1.807, 2.05) is 0 Å². The molecule has 0 atom stereocenters. The normalized spacial score (nSPS) is 10.9. The summed E-state index contributed by atoms with van der Waals surface area (Å²) in [6, 6.07) is 4.57. The summed E-state index contributed by atoms with van der Waals surface area (Å²) < 4.78 is 14.5. The van der Waals surface area contributed by atoms with Crippen LogP contribution in [0.5, 0.6) is 0 Å². The summed E-state index contributed by atoms with van der Waals surface area (Å²) in [7, 11) is 0. The maximum absolute atomic E-state index is 13.2. The molecule has 1 N–H and O–H groups in total. The number of nitrogens with zero attached hydrogens (tertiary/aromatic N) is 3. The summed E-state index contributed by atoms with van der Waals surface area (Å²) in [5.41, 5.74) is 0.462. The van der Waals surface area contributed by atoms with Crippen LogP contribution in [0.3, 0.4) is 0 Å². The second-order valence-electron chi connectivity index (χ2n) is 2.63. The van der Waals surface area contributed by atoms with E-state index < -0.39 is 5.95 Å². The number of hydrogen-bond donors (Lipinski definition) is 1. The summed E-state index contributed by atoms with van der Waals surface area (Å²) in [5.74, 6) is 0.0292. The van der Waals surface area contributed by atoms with E-state index in [1.165, 1.54) is 10.5 Å². The Labute approximate surface area is 73.6 Å². The van der Waals surface area contributed by atoms with Crippen LogP contribution in [0.4, 0.5) is 4.39 Å². The zero-order chi connectivity index (χ0) is 9.26. The zero-order valence-corrected chi connectivity index (χ0v) is 6.81. The SMILES string of the molecule is OCCc1nnc2cccc(F)n12. The highest BCUT2D eigenvalue weighted by atomic mass is 19.1. The minimum absolute atomic E-state index is 0.0604. The van der Waals surface area contributed by atoms with Gasteiger partial charge in [0, 0.05) is 6.42 Å². The second kappa shape index (κ2) is 3.10. The van der Waals surface area contributed by atoms with Gasteiger partial charge in [0.2, 0.25) is 5.95 Å². The van der Waals surface area contributed by atoms with Gasteiger partial charge in [-0.3, -0.25) is 4.40 Å². The molecule has 13 heavy (non-hydrogen) atoms. The van der Waals surface area contributed by atoms with Gasteiger partial charge in [0.05, 0.1) is 6.61 Å². The lowest BCUT2D eigenvalue weighted by Crippen LogP contribution is -2.01. The fourth-order valence-electron chi connectivity index (χ4n) is 1.22. The highest BCUT2D eigenvalue weighted by Gasteiger charge is 2.07. The van der Waals surface area contributed by atoms with Crippen LogP contribution in [0.1, 0.15) is 5.82 Å². The van der Waals surface area contributed by atoms with E-state index in [0.717, 1.165) is 0 Å². The first-order chi connectivity index (χ1) is 6.33. The van der Waals surface area contributed by atoms with Gasteiger partial charge in [-0.15, -0.1) is 10.2 Å². The average Bonchev–Trinajstić information content (AvgIpc) is 2.51. The molecular formula is C8H8FN3O. The lowest BCUT2D eigenvalue weighted by molar-refractivity contribution is 0.295. The molecule has 0 unspecified atom stereocenters. The Hall–Kier alpha value is -1.49. The van der Waals surface area contributed by atoms with Crippen molar-refractivity contribution in [2.75, 3.05) is 6.61 Å². The number of halogens is 1. The Kier molecular flexibility index (Phi) is 1.94. The molecule has 0 aliphatic rings. The maximum atomic E-state index is 13.2. The van der Waals surface area contributed by atoms with E-state index >= 15 is 0 Å². The quantitative estimate of drug-likeness (QED) is 0.682. The molecule has 2 aromatic rings. The molecule has 4 nitrogen and oxygen atoms in total. The maximum Gasteiger partial charge on any atom is 0.200 e. The molecule has 2 rings (SSSR count). The lowest BCUT2D eigenvalue weighted by atomic mass is 10.4. The summed E-state index contributed by atoms with van der Waals surface area (Å²) in [6.45, 7) is -0.0604. The van der Waals surface area contributed by atoms with Crippen LogP contribution in [0, 0.1) is 5.95 Å². The minimum Gasteiger partial charge on any atom is -0.396 e. The average molecular weight is 181 g/mol. The van der Waals surface area contributed by atoms with Crippen LogP contribution in [0.2, 0.25) is 0 Å². The van der Waals surface area contributed by atoms with Crippen molar-refractivity contribution < 1.29 is 9.50 Å². The first kappa shape index (κ1) is 8.12. The number of rotatable bonds is 2. The van der Waals surface area contributed by atoms with Crippen molar-refractivity contribution in [1.82, 2.24) is 14.6 Å². The fraction of sp³-hybridized carbons (Fsp3) is 0.250. The molecule has 5 heteroatoms. The number of pyridine rings is 1. The van der Waals surface area contributed by atoms with Gasteiger partial charge in [0.25, 0.3) is 0 Å². The molecule has 0 spiro atoms. The number of fused-ring (bicyclic) bond motifs is 1. The Morgan fingerprint density at radius 2 is 2.23 bits per heavy atom. The monoisotopic (exact) mass is 181 g/mol. The van der Waals surface area contributed by atoms with Gasteiger partial charge < -0.3 is 5.11 Å². The first-order valence-corrected chi connectivity index (χ1v) is 3.92. The van der Waals surface area contributed by atoms with Gasteiger partial charge in [-0.2, -0.15) is 4.39 Å². The fourth-order valence-corrected chi connectivity index (χ4v) is 1.22. The predicted molar refractivity (Wildman–Crippen MR) is 43.7 cm³/mol. The number of aromatic nitrogens is 3. The zero-order valence-electron chi connectivity index (χ0n) is 6.81. The summed E-state index contributed by atoms with van der Waals surface area (Å²) in [4.78, 5) is 0. The van der Waals surface area contributed by atoms with Crippen molar-refractivity contribution in [1.29, 1.82) is 0 Å². The van der Waals surface area contributed by atoms with E-state index in [2.05, 4.69) is 10.2 Å². The number of aliphatic hydroxyl groups excluding tert-OH is 1. The summed E-state index contributed by atoms with van der Waals surface area (Å²) >= 11 is 0. The van der Waals surface area contributed by atoms with Crippen molar-refractivity contribution in [2.45, 2.75) is 6.42 Å². The first-order valence-electron chi connectivity index (χ1n) is 3.92. The molecule has 0 radical (unpaired) electrons. The topological polar surface area (TPSA) is 50.4 Å². The van der Waals surface area contributed by atoms with Crippen LogP contribution in [0.25, 0.3) is 5.65 Å². The number of hydrogen-bond acceptors (Lipinski definition) is 3. The lowest BCUT2D eigenvalue weighted by Gasteiger charge is -1.97. The smallest absolute Gasteiger partial charge is 0.200 e. The Bertz CT molecular complexity index is 426. The van der Waals surface area contributed by atoms with E-state index in [9.17, 15) is 4.39 Å². The predicted octanol–water partition coefficient (Wildman–Crippen LogP) is 0.403. The van der Waals surface area contributed by atoms with Crippen LogP contribution >= 0.6 is 0 Å². The third-order valence-corrected chi connectivity index (χ3v) is 1.78. The molecule has 0 fully saturated rings. The minimum atomic E-state index is -0.411. The van der Waals surface area contributed by atoms with E-state index in [0.29, 0.717) is 17.9 Å². The molecule has 0 aliphatic carbocycles. The van der Waals surface area contributed by atoms with Gasteiger partial charge in [0.1, 0.15) is 5.82 Å². The van der Waals surface area contributed by atoms with E-state index in [1.54, 1.807) is 12.1 Å². The van der Waals surface area contributed by atoms with Crippen molar-refractivity contribution >= 4 is 5.65 Å². The molecule has 0 saturated carbocycles. The summed E-state index contributed by atoms with van der Waals surface area (Å²) in [5, 5.41) is 16.2. The van der Waals surface area contributed by atoms with Crippen molar-refractivity contribution in [3.63, 3.8) is 0 Å². The molecule has 0 aromatic carbocycles. The molecule has 0 amide bonds.